The molecule has 2 aromatic rings. The molecule has 4 rings (SSSR count). The minimum atomic E-state index is -0.365. The quantitative estimate of drug-likeness (QED) is 0.642. The second-order valence-corrected chi connectivity index (χ2v) is 6.76. The van der Waals surface area contributed by atoms with Gasteiger partial charge >= 0.3 is 6.09 Å². The molecule has 2 aromatic heterocycles. The first kappa shape index (κ1) is 20.2. The van der Waals surface area contributed by atoms with Crippen LogP contribution in [0.15, 0.2) is 17.1 Å². The number of ether oxygens (including phenoxy) is 1. The van der Waals surface area contributed by atoms with Crippen molar-refractivity contribution in [2.75, 3.05) is 39.3 Å². The molecule has 2 aliphatic heterocycles. The third-order valence-electron chi connectivity index (χ3n) is 5.05. The number of fused-ring (bicyclic) bond motifs is 1. The lowest BCUT2D eigenvalue weighted by Crippen LogP contribution is -2.35. The van der Waals surface area contributed by atoms with Gasteiger partial charge in [-0.3, -0.25) is 9.59 Å². The summed E-state index contributed by atoms with van der Waals surface area (Å²) < 4.78 is 6.51. The first-order valence-corrected chi connectivity index (χ1v) is 9.15. The maximum atomic E-state index is 12.5. The van der Waals surface area contributed by atoms with Crippen molar-refractivity contribution in [1.29, 1.82) is 0 Å². The van der Waals surface area contributed by atoms with Crippen LogP contribution in [0.1, 0.15) is 34.8 Å². The predicted octanol–water partition coefficient (Wildman–Crippen LogP) is 0.0934. The molecule has 2 amide bonds. The number of aromatic nitrogens is 3. The highest BCUT2D eigenvalue weighted by Gasteiger charge is 2.23. The number of nitrogens with zero attached hydrogens (tertiary/aromatic N) is 3. The summed E-state index contributed by atoms with van der Waals surface area (Å²) in [5.41, 5.74) is 1.29. The molecule has 0 saturated carbocycles. The van der Waals surface area contributed by atoms with Crippen molar-refractivity contribution < 1.29 is 14.3 Å². The van der Waals surface area contributed by atoms with E-state index in [1.165, 1.54) is 11.1 Å². The molecule has 10 nitrogen and oxygen atoms in total. The zero-order chi connectivity index (χ0) is 18.8. The van der Waals surface area contributed by atoms with Gasteiger partial charge in [-0.15, -0.1) is 12.4 Å². The molecule has 0 unspecified atom stereocenters. The molecular weight excluding hydrogens is 388 g/mol. The van der Waals surface area contributed by atoms with Crippen LogP contribution < -0.4 is 16.2 Å². The maximum Gasteiger partial charge on any atom is 0.409 e. The molecule has 2 saturated heterocycles. The molecular formula is C17H23ClN6O4. The SMILES string of the molecule is Cl.O=C(NCCN1CCOC1=O)c1cnn2c(C3CCNCC3)cc(=O)[nH]c12. The number of H-pyrrole nitrogens is 1. The average molecular weight is 411 g/mol. The second kappa shape index (κ2) is 8.61. The van der Waals surface area contributed by atoms with Gasteiger partial charge in [0.25, 0.3) is 11.5 Å². The predicted molar refractivity (Wildman–Crippen MR) is 103 cm³/mol. The van der Waals surface area contributed by atoms with E-state index in [9.17, 15) is 14.4 Å². The third kappa shape index (κ3) is 3.97. The van der Waals surface area contributed by atoms with Gasteiger partial charge in [0.1, 0.15) is 17.8 Å². The van der Waals surface area contributed by atoms with Crippen LogP contribution in [0.3, 0.4) is 0 Å². The van der Waals surface area contributed by atoms with E-state index in [0.717, 1.165) is 31.6 Å². The number of rotatable bonds is 5. The number of nitrogens with one attached hydrogen (secondary N) is 3. The lowest BCUT2D eigenvalue weighted by atomic mass is 9.94. The van der Waals surface area contributed by atoms with Gasteiger partial charge in [-0.05, 0) is 25.9 Å². The van der Waals surface area contributed by atoms with E-state index in [2.05, 4.69) is 20.7 Å². The Morgan fingerprint density at radius 3 is 2.82 bits per heavy atom. The van der Waals surface area contributed by atoms with Crippen molar-refractivity contribution in [2.45, 2.75) is 18.8 Å². The molecule has 0 atom stereocenters. The van der Waals surface area contributed by atoms with Gasteiger partial charge in [-0.2, -0.15) is 5.10 Å². The lowest BCUT2D eigenvalue weighted by molar-refractivity contribution is 0.0950. The number of hydrogen-bond donors (Lipinski definition) is 3. The second-order valence-electron chi connectivity index (χ2n) is 6.76. The number of carbonyl (C=O) groups excluding carboxylic acids is 2. The largest absolute Gasteiger partial charge is 0.448 e. The first-order valence-electron chi connectivity index (χ1n) is 9.15. The smallest absolute Gasteiger partial charge is 0.409 e. The Balaban J connectivity index is 0.00000225. The molecule has 152 valence electrons. The van der Waals surface area contributed by atoms with Crippen molar-refractivity contribution in [3.8, 4) is 0 Å². The molecule has 2 fully saturated rings. The number of amides is 2. The fraction of sp³-hybridized carbons (Fsp3) is 0.529. The zero-order valence-corrected chi connectivity index (χ0v) is 16.1. The number of carbonyl (C=O) groups is 2. The molecule has 0 aromatic carbocycles. The van der Waals surface area contributed by atoms with E-state index in [4.69, 9.17) is 4.74 Å². The number of halogens is 1. The molecule has 0 radical (unpaired) electrons. The topological polar surface area (TPSA) is 121 Å². The van der Waals surface area contributed by atoms with Gasteiger partial charge in [0, 0.05) is 25.1 Å². The van der Waals surface area contributed by atoms with Crippen LogP contribution in [0.2, 0.25) is 0 Å². The van der Waals surface area contributed by atoms with Gasteiger partial charge in [-0.25, -0.2) is 9.31 Å². The third-order valence-corrected chi connectivity index (χ3v) is 5.05. The Kier molecular flexibility index (Phi) is 6.20. The summed E-state index contributed by atoms with van der Waals surface area (Å²) in [4.78, 5) is 40.4. The Labute approximate surface area is 167 Å². The molecule has 0 bridgehead atoms. The van der Waals surface area contributed by atoms with Gasteiger partial charge in [0.05, 0.1) is 18.4 Å². The summed E-state index contributed by atoms with van der Waals surface area (Å²) in [6, 6.07) is 1.57. The van der Waals surface area contributed by atoms with Crippen LogP contribution >= 0.6 is 12.4 Å². The fourth-order valence-corrected chi connectivity index (χ4v) is 3.62. The minimum Gasteiger partial charge on any atom is -0.448 e. The molecule has 3 N–H and O–H groups in total. The van der Waals surface area contributed by atoms with Crippen molar-refractivity contribution in [2.24, 2.45) is 0 Å². The monoisotopic (exact) mass is 410 g/mol. The highest BCUT2D eigenvalue weighted by molar-refractivity contribution is 5.99. The van der Waals surface area contributed by atoms with Gasteiger partial charge < -0.3 is 25.3 Å². The zero-order valence-electron chi connectivity index (χ0n) is 15.3. The van der Waals surface area contributed by atoms with Crippen molar-refractivity contribution in [3.05, 3.63) is 33.9 Å². The molecule has 0 spiro atoms. The van der Waals surface area contributed by atoms with E-state index in [1.54, 1.807) is 10.6 Å². The van der Waals surface area contributed by atoms with Crippen LogP contribution in [-0.2, 0) is 4.74 Å². The summed E-state index contributed by atoms with van der Waals surface area (Å²) in [6.45, 7) is 3.36. The molecule has 11 heteroatoms. The van der Waals surface area contributed by atoms with Crippen molar-refractivity contribution in [3.63, 3.8) is 0 Å². The Hall–Kier alpha value is -2.59. The highest BCUT2D eigenvalue weighted by atomic mass is 35.5. The summed E-state index contributed by atoms with van der Waals surface area (Å²) in [6.07, 6.45) is 2.95. The summed E-state index contributed by atoms with van der Waals surface area (Å²) in [5.74, 6) is -0.108. The minimum absolute atomic E-state index is 0. The Morgan fingerprint density at radius 2 is 2.11 bits per heavy atom. The van der Waals surface area contributed by atoms with Crippen molar-refractivity contribution in [1.82, 2.24) is 30.1 Å². The van der Waals surface area contributed by atoms with E-state index in [0.29, 0.717) is 37.5 Å². The Bertz CT molecular complexity index is 920. The number of piperidine rings is 1. The van der Waals surface area contributed by atoms with Crippen LogP contribution in [0.4, 0.5) is 4.79 Å². The summed E-state index contributed by atoms with van der Waals surface area (Å²) in [7, 11) is 0. The van der Waals surface area contributed by atoms with Crippen LogP contribution in [0, 0.1) is 0 Å². The standard InChI is InChI=1S/C17H22N6O4.ClH/c24-14-9-13(11-1-3-18-4-2-11)23-15(21-14)12(10-20-23)16(25)19-5-6-22-7-8-27-17(22)26;/h9-11,18H,1-8H2,(H,19,25)(H,21,24);1H. The number of aromatic amines is 1. The van der Waals surface area contributed by atoms with Crippen LogP contribution in [-0.4, -0.2) is 70.8 Å². The van der Waals surface area contributed by atoms with E-state index in [-0.39, 0.29) is 35.9 Å². The van der Waals surface area contributed by atoms with Crippen molar-refractivity contribution >= 4 is 30.1 Å². The van der Waals surface area contributed by atoms with Crippen LogP contribution in [0.25, 0.3) is 5.65 Å². The summed E-state index contributed by atoms with van der Waals surface area (Å²) in [5, 5.41) is 10.4. The number of hydrogen-bond acceptors (Lipinski definition) is 6. The summed E-state index contributed by atoms with van der Waals surface area (Å²) >= 11 is 0. The Morgan fingerprint density at radius 1 is 1.32 bits per heavy atom. The maximum absolute atomic E-state index is 12.5. The van der Waals surface area contributed by atoms with Gasteiger partial charge in [-0.1, -0.05) is 0 Å². The first-order chi connectivity index (χ1) is 13.1. The van der Waals surface area contributed by atoms with E-state index >= 15 is 0 Å². The van der Waals surface area contributed by atoms with E-state index in [1.807, 2.05) is 0 Å². The normalized spacial score (nSPS) is 17.4. The molecule has 0 aliphatic carbocycles. The van der Waals surface area contributed by atoms with Gasteiger partial charge in [0.15, 0.2) is 0 Å². The average Bonchev–Trinajstić information content (AvgIpc) is 3.28. The molecule has 4 heterocycles. The van der Waals surface area contributed by atoms with Gasteiger partial charge in [0.2, 0.25) is 0 Å². The van der Waals surface area contributed by atoms with E-state index < -0.39 is 0 Å². The van der Waals surface area contributed by atoms with Crippen LogP contribution in [0.5, 0.6) is 0 Å². The lowest BCUT2D eigenvalue weighted by Gasteiger charge is -2.23. The molecule has 28 heavy (non-hydrogen) atoms. The molecule has 2 aliphatic rings. The number of cyclic esters (lactones) is 1. The fourth-order valence-electron chi connectivity index (χ4n) is 3.62. The highest BCUT2D eigenvalue weighted by Crippen LogP contribution is 2.24.